The summed E-state index contributed by atoms with van der Waals surface area (Å²) in [4.78, 5) is 5.59. The van der Waals surface area contributed by atoms with E-state index in [1.165, 1.54) is 49.6 Å². The molecule has 9 rings (SSSR count). The SMILES string of the molecule is COc1cc(/N=N/c2sc(/N=N/c3c(Nc4ccc(S(=O)(=O)O)cc4)nc(Nc4ccc(S(=O)(=O)O)cc4)c(C#N)c3C)nc2-c2ccc3ccccc3c2)ccc1/N=N/C1=CC2C(S(=O)(=O)O)=CC(S(=O)(=O)O)=CC2C(S(=O)(=O)O)=C1. The highest BCUT2D eigenvalue weighted by Gasteiger charge is 2.42. The Labute approximate surface area is 470 Å². The summed E-state index contributed by atoms with van der Waals surface area (Å²) in [7, 11) is -23.4. The number of thiazole rings is 1. The molecule has 420 valence electrons. The highest BCUT2D eigenvalue weighted by molar-refractivity contribution is 7.91. The first kappa shape index (κ1) is 58.0. The van der Waals surface area contributed by atoms with Crippen LogP contribution in [-0.2, 0) is 50.6 Å². The monoisotopic (exact) mass is 1230 g/mol. The van der Waals surface area contributed by atoms with Crippen LogP contribution in [0.3, 0.4) is 0 Å². The van der Waals surface area contributed by atoms with E-state index in [9.17, 15) is 70.1 Å². The molecule has 0 spiro atoms. The van der Waals surface area contributed by atoms with Crippen LogP contribution in [0.4, 0.5) is 50.2 Å². The maximum atomic E-state index is 12.5. The van der Waals surface area contributed by atoms with Gasteiger partial charge < -0.3 is 15.4 Å². The van der Waals surface area contributed by atoms with E-state index in [1.54, 1.807) is 6.92 Å². The van der Waals surface area contributed by atoms with Crippen molar-refractivity contribution in [1.29, 1.82) is 5.26 Å². The fraction of sp³-hybridized carbons (Fsp3) is 0.0816. The molecule has 33 heteroatoms. The van der Waals surface area contributed by atoms with Crippen LogP contribution in [-0.4, -0.2) is 81.9 Å². The van der Waals surface area contributed by atoms with Crippen molar-refractivity contribution in [2.24, 2.45) is 42.5 Å². The van der Waals surface area contributed by atoms with Crippen LogP contribution >= 0.6 is 11.3 Å². The number of ether oxygens (including phenoxy) is 1. The van der Waals surface area contributed by atoms with Crippen LogP contribution in [0.25, 0.3) is 22.0 Å². The molecule has 0 radical (unpaired) electrons. The Balaban J connectivity index is 1.07. The molecule has 2 aliphatic rings. The fourth-order valence-corrected chi connectivity index (χ4v) is 12.3. The minimum atomic E-state index is -5.24. The predicted molar refractivity (Wildman–Crippen MR) is 298 cm³/mol. The average molecular weight is 1230 g/mol. The van der Waals surface area contributed by atoms with Gasteiger partial charge in [-0.3, -0.25) is 22.8 Å². The van der Waals surface area contributed by atoms with E-state index < -0.39 is 82.0 Å². The second kappa shape index (κ2) is 22.4. The zero-order valence-corrected chi connectivity index (χ0v) is 46.5. The van der Waals surface area contributed by atoms with Gasteiger partial charge in [-0.2, -0.15) is 52.5 Å². The van der Waals surface area contributed by atoms with Crippen molar-refractivity contribution in [3.8, 4) is 23.1 Å². The number of benzene rings is 5. The summed E-state index contributed by atoms with van der Waals surface area (Å²) in [6.45, 7) is 1.55. The molecule has 2 unspecified atom stereocenters. The van der Waals surface area contributed by atoms with E-state index in [0.717, 1.165) is 58.5 Å². The van der Waals surface area contributed by atoms with Crippen molar-refractivity contribution in [3.63, 3.8) is 0 Å². The number of azo groups is 3. The zero-order chi connectivity index (χ0) is 59.1. The van der Waals surface area contributed by atoms with Gasteiger partial charge in [0.05, 0.1) is 48.6 Å². The number of nitriles is 1. The van der Waals surface area contributed by atoms with Crippen LogP contribution in [0.15, 0.2) is 194 Å². The van der Waals surface area contributed by atoms with Gasteiger partial charge in [-0.25, -0.2) is 9.97 Å². The van der Waals surface area contributed by atoms with Crippen molar-refractivity contribution < 1.29 is 69.6 Å². The summed E-state index contributed by atoms with van der Waals surface area (Å²) in [5, 5.41) is 44.5. The standard InChI is InChI=1S/C49H37N11O16S6/c1-26-39(25-50)46(51-30-9-14-34(15-10-30)78(61,62)63)54-47(52-31-11-16-35(17-12-31)79(64,65)66)44(26)58-60-49-53-45(29-8-7-27-5-3-4-6-28(27)19-29)48(77-49)59-55-32-13-18-40(41(21-32)76-2)57-56-33-20-37-38(42(22-33)81(70,71)72)23-36(80(67,68)69)24-43(37)82(73,74)75/h3-24,37-38H,1-2H3,(H2,51,52,54)(H,61,62,63)(H,64,65,66)(H,67,68,69)(H,70,71,72)(H,73,74,75)/b57-56+,59-55+,60-58+. The number of anilines is 4. The molecular weight excluding hydrogens is 1190 g/mol. The van der Waals surface area contributed by atoms with Gasteiger partial charge in [-0.1, -0.05) is 53.8 Å². The zero-order valence-electron chi connectivity index (χ0n) is 41.6. The Kier molecular flexibility index (Phi) is 15.8. The normalized spacial score (nSPS) is 16.1. The molecule has 7 aromatic rings. The summed E-state index contributed by atoms with van der Waals surface area (Å²) in [6.07, 6.45) is 2.98. The number of hydrogen-bond acceptors (Lipinski definition) is 23. The molecule has 0 amide bonds. The molecule has 0 bridgehead atoms. The summed E-state index contributed by atoms with van der Waals surface area (Å²) in [6, 6.07) is 29.3. The number of aromatic nitrogens is 2. The smallest absolute Gasteiger partial charge is 0.294 e. The Bertz CT molecular complexity index is 4670. The third-order valence-corrected chi connectivity index (χ3v) is 17.5. The summed E-state index contributed by atoms with van der Waals surface area (Å²) >= 11 is 0.954. The van der Waals surface area contributed by atoms with Gasteiger partial charge in [-0.15, -0.1) is 25.6 Å². The largest absolute Gasteiger partial charge is 0.494 e. The van der Waals surface area contributed by atoms with E-state index in [2.05, 4.69) is 52.4 Å². The summed E-state index contributed by atoms with van der Waals surface area (Å²) < 4.78 is 175. The number of nitrogens with one attached hydrogen (secondary N) is 2. The summed E-state index contributed by atoms with van der Waals surface area (Å²) in [5.41, 5.74) is 1.48. The van der Waals surface area contributed by atoms with E-state index in [-0.39, 0.29) is 77.7 Å². The van der Waals surface area contributed by atoms with Crippen LogP contribution in [0.1, 0.15) is 11.1 Å². The van der Waals surface area contributed by atoms with Crippen LogP contribution in [0.2, 0.25) is 0 Å². The second-order valence-corrected chi connectivity index (χ2v) is 25.5. The molecule has 27 nitrogen and oxygen atoms in total. The minimum absolute atomic E-state index is 0.0107. The van der Waals surface area contributed by atoms with E-state index >= 15 is 0 Å². The van der Waals surface area contributed by atoms with Crippen molar-refractivity contribution in [3.05, 3.63) is 165 Å². The highest BCUT2D eigenvalue weighted by Crippen LogP contribution is 2.46. The number of nitrogens with zero attached hydrogens (tertiary/aromatic N) is 9. The summed E-state index contributed by atoms with van der Waals surface area (Å²) in [5.74, 6) is -3.38. The molecule has 2 atom stereocenters. The third kappa shape index (κ3) is 12.9. The topological polar surface area (TPSA) is 429 Å². The number of methoxy groups -OCH3 is 1. The van der Waals surface area contributed by atoms with Crippen LogP contribution in [0, 0.1) is 30.1 Å². The van der Waals surface area contributed by atoms with Crippen LogP contribution in [0.5, 0.6) is 5.75 Å². The highest BCUT2D eigenvalue weighted by atomic mass is 32.2. The van der Waals surface area contributed by atoms with Crippen molar-refractivity contribution in [1.82, 2.24) is 9.97 Å². The lowest BCUT2D eigenvalue weighted by atomic mass is 9.84. The first-order valence-electron chi connectivity index (χ1n) is 22.9. The lowest BCUT2D eigenvalue weighted by Gasteiger charge is -2.30. The van der Waals surface area contributed by atoms with Crippen molar-refractivity contribution >= 4 is 123 Å². The number of allylic oxidation sites excluding steroid dienone is 6. The van der Waals surface area contributed by atoms with Gasteiger partial charge in [0.15, 0.2) is 16.6 Å². The number of pyridine rings is 1. The van der Waals surface area contributed by atoms with E-state index in [4.69, 9.17) is 9.72 Å². The Hall–Kier alpha value is -8.66. The van der Waals surface area contributed by atoms with Gasteiger partial charge in [0.2, 0.25) is 5.13 Å². The molecule has 82 heavy (non-hydrogen) atoms. The molecule has 0 saturated heterocycles. The fourth-order valence-electron chi connectivity index (χ4n) is 8.26. The molecule has 5 aromatic carbocycles. The first-order chi connectivity index (χ1) is 38.6. The Morgan fingerprint density at radius 2 is 1.20 bits per heavy atom. The van der Waals surface area contributed by atoms with Gasteiger partial charge in [0, 0.05) is 40.4 Å². The first-order valence-corrected chi connectivity index (χ1v) is 31.0. The molecular formula is C49H37N11O16S6. The molecule has 7 N–H and O–H groups in total. The Morgan fingerprint density at radius 1 is 0.598 bits per heavy atom. The third-order valence-electron chi connectivity index (χ3n) is 12.1. The molecule has 0 aliphatic heterocycles. The number of fused-ring (bicyclic) bond motifs is 2. The van der Waals surface area contributed by atoms with Gasteiger partial charge in [0.1, 0.15) is 28.9 Å². The lowest BCUT2D eigenvalue weighted by Crippen LogP contribution is -2.29. The molecule has 2 aliphatic carbocycles. The van der Waals surface area contributed by atoms with Gasteiger partial charge in [0.25, 0.3) is 50.6 Å². The molecule has 0 fully saturated rings. The Morgan fingerprint density at radius 3 is 1.78 bits per heavy atom. The molecule has 2 aromatic heterocycles. The second-order valence-electron chi connectivity index (χ2n) is 17.4. The van der Waals surface area contributed by atoms with E-state index in [0.29, 0.717) is 23.4 Å². The van der Waals surface area contributed by atoms with Crippen molar-refractivity contribution in [2.45, 2.75) is 16.7 Å². The number of hydrogen-bond donors (Lipinski definition) is 7. The van der Waals surface area contributed by atoms with E-state index in [1.807, 2.05) is 42.5 Å². The maximum Gasteiger partial charge on any atom is 0.294 e. The average Bonchev–Trinajstić information content (AvgIpc) is 3.91. The minimum Gasteiger partial charge on any atom is -0.494 e. The van der Waals surface area contributed by atoms with Gasteiger partial charge in [-0.05, 0) is 103 Å². The van der Waals surface area contributed by atoms with Crippen molar-refractivity contribution in [2.75, 3.05) is 17.7 Å². The molecule has 2 heterocycles. The van der Waals surface area contributed by atoms with Gasteiger partial charge >= 0.3 is 0 Å². The number of rotatable bonds is 17. The lowest BCUT2D eigenvalue weighted by molar-refractivity contribution is 0.416. The quantitative estimate of drug-likeness (QED) is 0.0329. The maximum absolute atomic E-state index is 12.5. The van der Waals surface area contributed by atoms with Crippen LogP contribution < -0.4 is 15.4 Å². The molecule has 0 saturated carbocycles. The predicted octanol–water partition coefficient (Wildman–Crippen LogP) is 10.9.